The van der Waals surface area contributed by atoms with Gasteiger partial charge in [-0.3, -0.25) is 4.90 Å². The summed E-state index contributed by atoms with van der Waals surface area (Å²) in [6.07, 6.45) is -0.0743. The van der Waals surface area contributed by atoms with E-state index in [1.807, 2.05) is 36.4 Å². The molecule has 2 rings (SSSR count). The van der Waals surface area contributed by atoms with Crippen LogP contribution in [0.5, 0.6) is 0 Å². The molecule has 0 aliphatic heterocycles. The van der Waals surface area contributed by atoms with Crippen molar-refractivity contribution in [2.75, 3.05) is 39.5 Å². The summed E-state index contributed by atoms with van der Waals surface area (Å²) in [5.74, 6) is 6.22. The third-order valence-electron chi connectivity index (χ3n) is 4.21. The summed E-state index contributed by atoms with van der Waals surface area (Å²) in [6, 6.07) is 20.6. The maximum atomic E-state index is 6.11. The number of hydrogen-bond donors (Lipinski definition) is 0. The van der Waals surface area contributed by atoms with Gasteiger partial charge in [0, 0.05) is 0 Å². The zero-order valence-electron chi connectivity index (χ0n) is 15.9. The van der Waals surface area contributed by atoms with E-state index in [2.05, 4.69) is 54.9 Å². The van der Waals surface area contributed by atoms with Gasteiger partial charge in [-0.05, 0) is 24.2 Å². The van der Waals surface area contributed by atoms with Gasteiger partial charge in [0.15, 0.2) is 0 Å². The van der Waals surface area contributed by atoms with Crippen LogP contribution in [0.4, 0.5) is 0 Å². The maximum Gasteiger partial charge on any atom is 0.108 e. The van der Waals surface area contributed by atoms with Crippen molar-refractivity contribution in [2.45, 2.75) is 20.0 Å². The monoisotopic (exact) mass is 351 g/mol. The summed E-state index contributed by atoms with van der Waals surface area (Å²) >= 11 is 0. The summed E-state index contributed by atoms with van der Waals surface area (Å²) in [5, 5.41) is 0. The van der Waals surface area contributed by atoms with E-state index in [0.717, 1.165) is 30.8 Å². The Morgan fingerprint density at radius 3 is 1.92 bits per heavy atom. The van der Waals surface area contributed by atoms with Crippen LogP contribution in [0.3, 0.4) is 0 Å². The van der Waals surface area contributed by atoms with Gasteiger partial charge >= 0.3 is 0 Å². The summed E-state index contributed by atoms with van der Waals surface area (Å²) < 4.78 is 11.7. The van der Waals surface area contributed by atoms with Gasteiger partial charge in [-0.25, -0.2) is 0 Å². The second kappa shape index (κ2) is 12.3. The average Bonchev–Trinajstić information content (AvgIpc) is 2.71. The molecule has 3 nitrogen and oxygen atoms in total. The lowest BCUT2D eigenvalue weighted by Crippen LogP contribution is -2.22. The molecule has 0 heterocycles. The van der Waals surface area contributed by atoms with Crippen molar-refractivity contribution >= 4 is 0 Å². The van der Waals surface area contributed by atoms with E-state index in [1.54, 1.807) is 0 Å². The molecular weight excluding hydrogens is 322 g/mol. The molecule has 0 atom stereocenters. The van der Waals surface area contributed by atoms with Gasteiger partial charge in [-0.1, -0.05) is 86.4 Å². The SMILES string of the molecule is CCN(CC)CC#CCOCCOC(c1ccccc1)c1ccccc1. The molecule has 0 aromatic heterocycles. The molecule has 0 aliphatic carbocycles. The van der Waals surface area contributed by atoms with Crippen molar-refractivity contribution in [3.8, 4) is 11.8 Å². The van der Waals surface area contributed by atoms with E-state index >= 15 is 0 Å². The Morgan fingerprint density at radius 2 is 1.38 bits per heavy atom. The summed E-state index contributed by atoms with van der Waals surface area (Å²) in [7, 11) is 0. The Morgan fingerprint density at radius 1 is 0.808 bits per heavy atom. The van der Waals surface area contributed by atoms with E-state index < -0.39 is 0 Å². The van der Waals surface area contributed by atoms with Crippen LogP contribution in [0.15, 0.2) is 60.7 Å². The van der Waals surface area contributed by atoms with Crippen molar-refractivity contribution in [3.63, 3.8) is 0 Å². The van der Waals surface area contributed by atoms with Crippen LogP contribution in [-0.2, 0) is 9.47 Å². The molecule has 2 aromatic carbocycles. The molecule has 0 bridgehead atoms. The summed E-state index contributed by atoms with van der Waals surface area (Å²) in [4.78, 5) is 2.28. The van der Waals surface area contributed by atoms with Gasteiger partial charge < -0.3 is 9.47 Å². The Bertz CT molecular complexity index is 617. The van der Waals surface area contributed by atoms with Crippen LogP contribution in [0.25, 0.3) is 0 Å². The lowest BCUT2D eigenvalue weighted by molar-refractivity contribution is 0.0283. The fraction of sp³-hybridized carbons (Fsp3) is 0.391. The van der Waals surface area contributed by atoms with Crippen molar-refractivity contribution in [1.29, 1.82) is 0 Å². The largest absolute Gasteiger partial charge is 0.366 e. The molecule has 26 heavy (non-hydrogen) atoms. The molecule has 2 aromatic rings. The smallest absolute Gasteiger partial charge is 0.108 e. The Labute approximate surface area is 157 Å². The molecule has 0 N–H and O–H groups in total. The molecule has 0 aliphatic rings. The highest BCUT2D eigenvalue weighted by molar-refractivity contribution is 5.29. The van der Waals surface area contributed by atoms with E-state index in [-0.39, 0.29) is 6.10 Å². The first-order chi connectivity index (χ1) is 12.8. The van der Waals surface area contributed by atoms with Crippen molar-refractivity contribution in [3.05, 3.63) is 71.8 Å². The third-order valence-corrected chi connectivity index (χ3v) is 4.21. The van der Waals surface area contributed by atoms with Crippen molar-refractivity contribution in [2.24, 2.45) is 0 Å². The van der Waals surface area contributed by atoms with E-state index in [4.69, 9.17) is 9.47 Å². The second-order valence-corrected chi connectivity index (χ2v) is 5.94. The number of benzene rings is 2. The van der Waals surface area contributed by atoms with Crippen molar-refractivity contribution < 1.29 is 9.47 Å². The van der Waals surface area contributed by atoms with E-state index in [0.29, 0.717) is 19.8 Å². The van der Waals surface area contributed by atoms with Gasteiger partial charge in [0.2, 0.25) is 0 Å². The summed E-state index contributed by atoms with van der Waals surface area (Å²) in [5.41, 5.74) is 2.30. The summed E-state index contributed by atoms with van der Waals surface area (Å²) in [6.45, 7) is 8.68. The van der Waals surface area contributed by atoms with E-state index in [9.17, 15) is 0 Å². The molecule has 0 saturated carbocycles. The van der Waals surface area contributed by atoms with Crippen LogP contribution in [0.1, 0.15) is 31.1 Å². The van der Waals surface area contributed by atoms with Crippen LogP contribution >= 0.6 is 0 Å². The predicted octanol–water partition coefficient (Wildman–Crippen LogP) is 4.15. The quantitative estimate of drug-likeness (QED) is 0.474. The maximum absolute atomic E-state index is 6.11. The van der Waals surface area contributed by atoms with Gasteiger partial charge in [0.1, 0.15) is 12.7 Å². The molecule has 138 valence electrons. The van der Waals surface area contributed by atoms with Crippen molar-refractivity contribution in [1.82, 2.24) is 4.90 Å². The molecule has 3 heteroatoms. The number of hydrogen-bond acceptors (Lipinski definition) is 3. The van der Waals surface area contributed by atoms with Gasteiger partial charge in [0.05, 0.1) is 19.8 Å². The zero-order chi connectivity index (χ0) is 18.5. The standard InChI is InChI=1S/C23H29NO2/c1-3-24(4-2)17-11-12-18-25-19-20-26-23(21-13-7-5-8-14-21)22-15-9-6-10-16-22/h5-10,13-16,23H,3-4,17-20H2,1-2H3. The lowest BCUT2D eigenvalue weighted by atomic mass is 10.0. The minimum absolute atomic E-state index is 0.0743. The zero-order valence-corrected chi connectivity index (χ0v) is 15.9. The Balaban J connectivity index is 1.77. The average molecular weight is 351 g/mol. The third kappa shape index (κ3) is 7.01. The number of nitrogens with zero attached hydrogens (tertiary/aromatic N) is 1. The fourth-order valence-corrected chi connectivity index (χ4v) is 2.65. The normalized spacial score (nSPS) is 10.8. The predicted molar refractivity (Wildman–Crippen MR) is 107 cm³/mol. The number of ether oxygens (including phenoxy) is 2. The highest BCUT2D eigenvalue weighted by Gasteiger charge is 2.13. The molecule has 0 spiro atoms. The highest BCUT2D eigenvalue weighted by atomic mass is 16.5. The van der Waals surface area contributed by atoms with Crippen LogP contribution in [-0.4, -0.2) is 44.4 Å². The molecule has 0 unspecified atom stereocenters. The van der Waals surface area contributed by atoms with Crippen LogP contribution in [0, 0.1) is 11.8 Å². The van der Waals surface area contributed by atoms with Gasteiger partial charge in [-0.2, -0.15) is 0 Å². The van der Waals surface area contributed by atoms with Gasteiger partial charge in [-0.15, -0.1) is 0 Å². The first-order valence-corrected chi connectivity index (χ1v) is 9.32. The minimum Gasteiger partial charge on any atom is -0.366 e. The molecular formula is C23H29NO2. The topological polar surface area (TPSA) is 21.7 Å². The van der Waals surface area contributed by atoms with E-state index in [1.165, 1.54) is 0 Å². The first kappa shape index (κ1) is 20.2. The molecule has 0 saturated heterocycles. The number of rotatable bonds is 10. The van der Waals surface area contributed by atoms with Crippen LogP contribution in [0.2, 0.25) is 0 Å². The Hall–Kier alpha value is -2.12. The molecule has 0 amide bonds. The lowest BCUT2D eigenvalue weighted by Gasteiger charge is -2.19. The fourth-order valence-electron chi connectivity index (χ4n) is 2.65. The highest BCUT2D eigenvalue weighted by Crippen LogP contribution is 2.25. The molecule has 0 fully saturated rings. The first-order valence-electron chi connectivity index (χ1n) is 9.32. The second-order valence-electron chi connectivity index (χ2n) is 5.94. The minimum atomic E-state index is -0.0743. The van der Waals surface area contributed by atoms with Crippen LogP contribution < -0.4 is 0 Å². The Kier molecular flexibility index (Phi) is 9.53. The van der Waals surface area contributed by atoms with Gasteiger partial charge in [0.25, 0.3) is 0 Å². The molecule has 0 radical (unpaired) electrons.